The van der Waals surface area contributed by atoms with Gasteiger partial charge < -0.3 is 5.11 Å². The predicted molar refractivity (Wildman–Crippen MR) is 88.9 cm³/mol. The molecule has 1 N–H and O–H groups in total. The van der Waals surface area contributed by atoms with E-state index in [1.807, 2.05) is 12.3 Å². The van der Waals surface area contributed by atoms with Crippen LogP contribution in [0.2, 0.25) is 0 Å². The van der Waals surface area contributed by atoms with Gasteiger partial charge in [-0.15, -0.1) is 0 Å². The van der Waals surface area contributed by atoms with Crippen molar-refractivity contribution in [3.8, 4) is 5.75 Å². The van der Waals surface area contributed by atoms with Crippen LogP contribution in [0, 0.1) is 30.3 Å². The fourth-order valence-corrected chi connectivity index (χ4v) is 2.51. The predicted octanol–water partition coefficient (Wildman–Crippen LogP) is 3.08. The molecule has 26 heavy (non-hydrogen) atoms. The third-order valence-corrected chi connectivity index (χ3v) is 3.75. The maximum Gasteiger partial charge on any atom is 0.324 e. The number of non-ortho nitro benzene ring substituents is 1. The molecule has 11 nitrogen and oxygen atoms in total. The van der Waals surface area contributed by atoms with Crippen molar-refractivity contribution in [3.63, 3.8) is 0 Å². The van der Waals surface area contributed by atoms with Gasteiger partial charge in [0.15, 0.2) is 0 Å². The Morgan fingerprint density at radius 3 is 2.00 bits per heavy atom. The summed E-state index contributed by atoms with van der Waals surface area (Å²) in [6.07, 6.45) is 6.99. The summed E-state index contributed by atoms with van der Waals surface area (Å²) in [4.78, 5) is 32.1. The van der Waals surface area contributed by atoms with Gasteiger partial charge in [0.2, 0.25) is 0 Å². The van der Waals surface area contributed by atoms with Gasteiger partial charge in [0.25, 0.3) is 11.4 Å². The molecule has 11 heteroatoms. The van der Waals surface area contributed by atoms with Crippen molar-refractivity contribution in [2.75, 3.05) is 0 Å². The minimum atomic E-state index is -1.21. The highest BCUT2D eigenvalue weighted by atomic mass is 16.6. The summed E-state index contributed by atoms with van der Waals surface area (Å²) in [6, 6.07) is 5.12. The lowest BCUT2D eigenvalue weighted by Gasteiger charge is -2.12. The number of aromatic hydroxyl groups is 1. The third-order valence-electron chi connectivity index (χ3n) is 3.75. The number of nitro benzene ring substituents is 3. The number of fused-ring (bicyclic) bond motifs is 1. The highest BCUT2D eigenvalue weighted by Gasteiger charge is 2.30. The molecule has 0 aliphatic heterocycles. The molecule has 1 aliphatic carbocycles. The van der Waals surface area contributed by atoms with Crippen LogP contribution in [0.25, 0.3) is 0 Å². The molecule has 0 amide bonds. The van der Waals surface area contributed by atoms with Crippen molar-refractivity contribution in [2.24, 2.45) is 0 Å². The molecule has 0 bridgehead atoms. The second-order valence-corrected chi connectivity index (χ2v) is 5.42. The number of hydrogen-bond acceptors (Lipinski definition) is 8. The van der Waals surface area contributed by atoms with Crippen LogP contribution in [0.15, 0.2) is 30.5 Å². The summed E-state index contributed by atoms with van der Waals surface area (Å²) in [7, 11) is 0. The first-order valence-corrected chi connectivity index (χ1v) is 7.54. The van der Waals surface area contributed by atoms with E-state index >= 15 is 0 Å². The maximum absolute atomic E-state index is 10.4. The Hall–Kier alpha value is -3.63. The van der Waals surface area contributed by atoms with E-state index in [0.29, 0.717) is 12.1 Å². The van der Waals surface area contributed by atoms with E-state index in [4.69, 9.17) is 5.11 Å². The van der Waals surface area contributed by atoms with Gasteiger partial charge in [0.1, 0.15) is 0 Å². The SMILES string of the molecule is O=[N+]([O-])c1cc([N+](=O)[O-])c(O)c([N+](=O)[O-])c1.c1cnc2c(c1)CCCC2. The Labute approximate surface area is 146 Å². The molecule has 1 aliphatic rings. The molecular weight excluding hydrogens is 348 g/mol. The van der Waals surface area contributed by atoms with Crippen LogP contribution >= 0.6 is 0 Å². The molecule has 0 saturated carbocycles. The average Bonchev–Trinajstić information content (AvgIpc) is 2.61. The number of phenolic OH excluding ortho intramolecular Hbond substituents is 1. The largest absolute Gasteiger partial charge is 0.497 e. The van der Waals surface area contributed by atoms with Crippen molar-refractivity contribution in [3.05, 3.63) is 72.1 Å². The molecule has 2 aromatic rings. The van der Waals surface area contributed by atoms with Crippen LogP contribution in [0.3, 0.4) is 0 Å². The molecule has 0 spiro atoms. The van der Waals surface area contributed by atoms with Gasteiger partial charge in [-0.25, -0.2) is 0 Å². The summed E-state index contributed by atoms with van der Waals surface area (Å²) >= 11 is 0. The quantitative estimate of drug-likeness (QED) is 0.643. The number of nitro groups is 3. The van der Waals surface area contributed by atoms with Crippen LogP contribution in [-0.4, -0.2) is 24.9 Å². The molecule has 0 unspecified atom stereocenters. The van der Waals surface area contributed by atoms with Crippen LogP contribution in [0.1, 0.15) is 24.1 Å². The van der Waals surface area contributed by atoms with E-state index in [-0.39, 0.29) is 0 Å². The zero-order valence-corrected chi connectivity index (χ0v) is 13.4. The monoisotopic (exact) mass is 362 g/mol. The molecule has 1 aromatic carbocycles. The summed E-state index contributed by atoms with van der Waals surface area (Å²) in [5.74, 6) is -1.21. The first kappa shape index (κ1) is 18.7. The van der Waals surface area contributed by atoms with Crippen molar-refractivity contribution >= 4 is 17.1 Å². The van der Waals surface area contributed by atoms with E-state index in [1.54, 1.807) is 0 Å². The fraction of sp³-hybridized carbons (Fsp3) is 0.267. The lowest BCUT2D eigenvalue weighted by Crippen LogP contribution is -2.03. The smallest absolute Gasteiger partial charge is 0.324 e. The number of aromatic nitrogens is 1. The molecule has 0 fully saturated rings. The Kier molecular flexibility index (Phi) is 5.73. The molecule has 136 valence electrons. The van der Waals surface area contributed by atoms with Crippen LogP contribution in [-0.2, 0) is 12.8 Å². The summed E-state index contributed by atoms with van der Waals surface area (Å²) in [5.41, 5.74) is -0.208. The van der Waals surface area contributed by atoms with Crippen molar-refractivity contribution in [2.45, 2.75) is 25.7 Å². The lowest BCUT2D eigenvalue weighted by atomic mass is 9.96. The van der Waals surface area contributed by atoms with Crippen LogP contribution < -0.4 is 0 Å². The number of rotatable bonds is 3. The van der Waals surface area contributed by atoms with Gasteiger partial charge in [-0.3, -0.25) is 35.3 Å². The topological polar surface area (TPSA) is 163 Å². The number of phenols is 1. The highest BCUT2D eigenvalue weighted by molar-refractivity contribution is 5.64. The Morgan fingerprint density at radius 2 is 1.50 bits per heavy atom. The molecule has 0 radical (unpaired) electrons. The number of benzene rings is 1. The van der Waals surface area contributed by atoms with Gasteiger partial charge in [0, 0.05) is 11.9 Å². The van der Waals surface area contributed by atoms with Gasteiger partial charge >= 0.3 is 11.4 Å². The first-order valence-electron chi connectivity index (χ1n) is 7.54. The molecular formula is C15H14N4O7. The van der Waals surface area contributed by atoms with E-state index in [0.717, 1.165) is 0 Å². The third kappa shape index (κ3) is 4.26. The number of pyridine rings is 1. The molecule has 0 saturated heterocycles. The maximum atomic E-state index is 10.4. The zero-order chi connectivity index (χ0) is 19.3. The zero-order valence-electron chi connectivity index (χ0n) is 13.4. The fourth-order valence-electron chi connectivity index (χ4n) is 2.51. The van der Waals surface area contributed by atoms with Crippen molar-refractivity contribution in [1.82, 2.24) is 4.98 Å². The minimum Gasteiger partial charge on any atom is -0.497 e. The Bertz CT molecular complexity index is 809. The second kappa shape index (κ2) is 7.96. The molecule has 0 atom stereocenters. The normalized spacial score (nSPS) is 12.3. The van der Waals surface area contributed by atoms with Gasteiger partial charge in [0.05, 0.1) is 26.9 Å². The van der Waals surface area contributed by atoms with Gasteiger partial charge in [-0.2, -0.15) is 0 Å². The van der Waals surface area contributed by atoms with Crippen LogP contribution in [0.5, 0.6) is 5.75 Å². The van der Waals surface area contributed by atoms with Gasteiger partial charge in [-0.1, -0.05) is 6.07 Å². The number of hydrogen-bond donors (Lipinski definition) is 1. The molecule has 1 heterocycles. The lowest BCUT2D eigenvalue weighted by molar-refractivity contribution is -0.404. The van der Waals surface area contributed by atoms with E-state index in [9.17, 15) is 30.3 Å². The molecule has 3 rings (SSSR count). The summed E-state index contributed by atoms with van der Waals surface area (Å²) in [6.45, 7) is 0. The number of aryl methyl sites for hydroxylation is 2. The standard InChI is InChI=1S/C9H11N.C6H3N3O7/c1-2-6-9-8(4-1)5-3-7-10-9;10-6-4(8(13)14)1-3(7(11)12)2-5(6)9(15)16/h3,5,7H,1-2,4,6H2;1-2,10H. The second-order valence-electron chi connectivity index (χ2n) is 5.42. The molecule has 1 aromatic heterocycles. The van der Waals surface area contributed by atoms with E-state index in [1.165, 1.54) is 36.9 Å². The highest BCUT2D eigenvalue weighted by Crippen LogP contribution is 2.38. The van der Waals surface area contributed by atoms with Gasteiger partial charge in [-0.05, 0) is 37.3 Å². The Morgan fingerprint density at radius 1 is 0.923 bits per heavy atom. The summed E-state index contributed by atoms with van der Waals surface area (Å²) < 4.78 is 0. The van der Waals surface area contributed by atoms with Crippen molar-refractivity contribution in [1.29, 1.82) is 0 Å². The van der Waals surface area contributed by atoms with Crippen LogP contribution in [0.4, 0.5) is 17.1 Å². The van der Waals surface area contributed by atoms with E-state index < -0.39 is 37.6 Å². The van der Waals surface area contributed by atoms with Crippen molar-refractivity contribution < 1.29 is 19.9 Å². The number of nitrogens with zero attached hydrogens (tertiary/aromatic N) is 4. The average molecular weight is 362 g/mol. The van der Waals surface area contributed by atoms with E-state index in [2.05, 4.69) is 11.1 Å². The summed E-state index contributed by atoms with van der Waals surface area (Å²) in [5, 5.41) is 40.2. The minimum absolute atomic E-state index is 0.447. The Balaban J connectivity index is 0.000000206. The first-order chi connectivity index (χ1) is 12.3.